The molecule has 0 rings (SSSR count). The molecular formula is C16H32O4. The highest BCUT2D eigenvalue weighted by atomic mass is 16.4. The molecule has 20 heavy (non-hydrogen) atoms. The van der Waals surface area contributed by atoms with Gasteiger partial charge in [0, 0.05) is 0 Å². The van der Waals surface area contributed by atoms with Crippen LogP contribution < -0.4 is 0 Å². The lowest BCUT2D eigenvalue weighted by Gasteiger charge is -2.38. The van der Waals surface area contributed by atoms with Gasteiger partial charge in [-0.05, 0) is 26.2 Å². The summed E-state index contributed by atoms with van der Waals surface area (Å²) in [5.74, 6) is -1.31. The Hall–Kier alpha value is -0.610. The monoisotopic (exact) mass is 288 g/mol. The first-order valence-corrected chi connectivity index (χ1v) is 8.00. The van der Waals surface area contributed by atoms with Crippen LogP contribution in [0.15, 0.2) is 0 Å². The van der Waals surface area contributed by atoms with Gasteiger partial charge in [0.05, 0.1) is 0 Å². The van der Waals surface area contributed by atoms with Gasteiger partial charge in [-0.15, -0.1) is 0 Å². The van der Waals surface area contributed by atoms with Crippen molar-refractivity contribution in [2.45, 2.75) is 96.2 Å². The minimum Gasteiger partial charge on any atom is -0.479 e. The number of aliphatic hydroxyl groups is 2. The van der Waals surface area contributed by atoms with Crippen molar-refractivity contribution >= 4 is 5.97 Å². The molecule has 0 heterocycles. The van der Waals surface area contributed by atoms with E-state index in [1.54, 1.807) is 0 Å². The summed E-state index contributed by atoms with van der Waals surface area (Å²) in [4.78, 5) is 11.4. The lowest BCUT2D eigenvalue weighted by atomic mass is 9.77. The van der Waals surface area contributed by atoms with E-state index in [1.807, 2.05) is 0 Å². The summed E-state index contributed by atoms with van der Waals surface area (Å²) in [6.07, 6.45) is 7.88. The van der Waals surface area contributed by atoms with E-state index in [0.717, 1.165) is 44.9 Å². The Balaban J connectivity index is 4.54. The highest BCUT2D eigenvalue weighted by molar-refractivity contribution is 5.78. The van der Waals surface area contributed by atoms with Gasteiger partial charge in [0.15, 0.2) is 5.60 Å². The van der Waals surface area contributed by atoms with Crippen molar-refractivity contribution in [3.8, 4) is 0 Å². The van der Waals surface area contributed by atoms with Crippen molar-refractivity contribution in [2.75, 3.05) is 0 Å². The normalized spacial score (nSPS) is 17.4. The van der Waals surface area contributed by atoms with Gasteiger partial charge in [0.1, 0.15) is 5.60 Å². The molecule has 0 radical (unpaired) electrons. The predicted octanol–water partition coefficient (Wildman–Crippen LogP) is 3.49. The molecule has 0 bridgehead atoms. The molecule has 2 atom stereocenters. The lowest BCUT2D eigenvalue weighted by molar-refractivity contribution is -0.193. The van der Waals surface area contributed by atoms with Crippen LogP contribution in [0.2, 0.25) is 0 Å². The quantitative estimate of drug-likeness (QED) is 0.480. The molecule has 0 amide bonds. The van der Waals surface area contributed by atoms with E-state index < -0.39 is 17.2 Å². The van der Waals surface area contributed by atoms with Gasteiger partial charge in [0.2, 0.25) is 0 Å². The van der Waals surface area contributed by atoms with Crippen LogP contribution in [0.3, 0.4) is 0 Å². The predicted molar refractivity (Wildman–Crippen MR) is 80.7 cm³/mol. The highest BCUT2D eigenvalue weighted by Gasteiger charge is 2.51. The van der Waals surface area contributed by atoms with Gasteiger partial charge in [-0.25, -0.2) is 4.79 Å². The van der Waals surface area contributed by atoms with Crippen molar-refractivity contribution in [1.82, 2.24) is 0 Å². The maximum Gasteiger partial charge on any atom is 0.338 e. The van der Waals surface area contributed by atoms with E-state index in [9.17, 15) is 20.1 Å². The number of hydrogen-bond donors (Lipinski definition) is 3. The second-order valence-electron chi connectivity index (χ2n) is 6.06. The fraction of sp³-hybridized carbons (Fsp3) is 0.938. The van der Waals surface area contributed by atoms with E-state index in [0.29, 0.717) is 12.8 Å². The first-order valence-electron chi connectivity index (χ1n) is 8.00. The fourth-order valence-corrected chi connectivity index (χ4v) is 2.52. The van der Waals surface area contributed by atoms with Crippen LogP contribution in [0.4, 0.5) is 0 Å². The molecule has 0 fully saturated rings. The molecule has 2 unspecified atom stereocenters. The molecule has 4 heteroatoms. The largest absolute Gasteiger partial charge is 0.479 e. The smallest absolute Gasteiger partial charge is 0.338 e. The second-order valence-corrected chi connectivity index (χ2v) is 6.06. The van der Waals surface area contributed by atoms with E-state index in [1.165, 1.54) is 6.92 Å². The van der Waals surface area contributed by atoms with Gasteiger partial charge in [-0.3, -0.25) is 0 Å². The van der Waals surface area contributed by atoms with Crippen LogP contribution in [0.5, 0.6) is 0 Å². The molecule has 0 aliphatic heterocycles. The number of aliphatic carboxylic acids is 1. The van der Waals surface area contributed by atoms with Crippen LogP contribution in [0.1, 0.15) is 85.0 Å². The summed E-state index contributed by atoms with van der Waals surface area (Å²) in [6, 6.07) is 0. The summed E-state index contributed by atoms with van der Waals surface area (Å²) in [7, 11) is 0. The van der Waals surface area contributed by atoms with Crippen molar-refractivity contribution in [1.29, 1.82) is 0 Å². The Bertz CT molecular complexity index is 276. The highest BCUT2D eigenvalue weighted by Crippen LogP contribution is 2.33. The molecular weight excluding hydrogens is 256 g/mol. The first-order chi connectivity index (χ1) is 9.31. The minimum atomic E-state index is -2.03. The third kappa shape index (κ3) is 5.80. The third-order valence-electron chi connectivity index (χ3n) is 4.15. The number of unbranched alkanes of at least 4 members (excludes halogenated alkanes) is 6. The number of carboxylic acid groups (broad SMARTS) is 1. The number of carbonyl (C=O) groups is 1. The Morgan fingerprint density at radius 1 is 0.850 bits per heavy atom. The van der Waals surface area contributed by atoms with E-state index in [4.69, 9.17) is 0 Å². The van der Waals surface area contributed by atoms with Gasteiger partial charge < -0.3 is 15.3 Å². The van der Waals surface area contributed by atoms with Gasteiger partial charge in [0.25, 0.3) is 0 Å². The molecule has 0 saturated carbocycles. The average molecular weight is 288 g/mol. The fourth-order valence-electron chi connectivity index (χ4n) is 2.52. The van der Waals surface area contributed by atoms with Crippen LogP contribution >= 0.6 is 0 Å². The molecule has 120 valence electrons. The van der Waals surface area contributed by atoms with Gasteiger partial charge in [-0.2, -0.15) is 0 Å². The second kappa shape index (κ2) is 9.35. The number of rotatable bonds is 12. The minimum absolute atomic E-state index is 0.114. The van der Waals surface area contributed by atoms with Crippen LogP contribution in [0, 0.1) is 0 Å². The summed E-state index contributed by atoms with van der Waals surface area (Å²) in [5.41, 5.74) is -3.61. The Labute approximate surface area is 123 Å². The summed E-state index contributed by atoms with van der Waals surface area (Å²) in [6.45, 7) is 5.62. The van der Waals surface area contributed by atoms with E-state index >= 15 is 0 Å². The maximum atomic E-state index is 11.4. The maximum absolute atomic E-state index is 11.4. The molecule has 4 nitrogen and oxygen atoms in total. The van der Waals surface area contributed by atoms with E-state index in [-0.39, 0.29) is 6.42 Å². The van der Waals surface area contributed by atoms with E-state index in [2.05, 4.69) is 13.8 Å². The third-order valence-corrected chi connectivity index (χ3v) is 4.15. The van der Waals surface area contributed by atoms with Gasteiger partial charge in [-0.1, -0.05) is 58.8 Å². The first kappa shape index (κ1) is 19.4. The summed E-state index contributed by atoms with van der Waals surface area (Å²) >= 11 is 0. The zero-order valence-electron chi connectivity index (χ0n) is 13.3. The molecule has 0 aromatic heterocycles. The Kier molecular flexibility index (Phi) is 9.06. The van der Waals surface area contributed by atoms with Crippen molar-refractivity contribution in [3.63, 3.8) is 0 Å². The van der Waals surface area contributed by atoms with Crippen LogP contribution in [0.25, 0.3) is 0 Å². The zero-order chi connectivity index (χ0) is 15.6. The molecule has 0 aliphatic rings. The molecule has 3 N–H and O–H groups in total. The summed E-state index contributed by atoms with van der Waals surface area (Å²) in [5, 5.41) is 30.2. The molecule has 0 saturated heterocycles. The average Bonchev–Trinajstić information content (AvgIpc) is 2.39. The molecule has 0 aromatic carbocycles. The number of hydrogen-bond acceptors (Lipinski definition) is 3. The standard InChI is InChI=1S/C16H32O4/c1-4-6-8-10-12-15(3,19)16(20,14(17)18)13-11-9-7-5-2/h19-20H,4-13H2,1-3H3,(H,17,18). The van der Waals surface area contributed by atoms with Crippen molar-refractivity contribution < 1.29 is 20.1 Å². The topological polar surface area (TPSA) is 77.8 Å². The van der Waals surface area contributed by atoms with Crippen LogP contribution in [-0.4, -0.2) is 32.5 Å². The summed E-state index contributed by atoms with van der Waals surface area (Å²) < 4.78 is 0. The molecule has 0 spiro atoms. The SMILES string of the molecule is CCCCCCC(C)(O)C(O)(CCCCCC)C(=O)O. The zero-order valence-corrected chi connectivity index (χ0v) is 13.3. The van der Waals surface area contributed by atoms with Crippen LogP contribution in [-0.2, 0) is 4.79 Å². The number of carboxylic acids is 1. The Morgan fingerprint density at radius 2 is 1.30 bits per heavy atom. The van der Waals surface area contributed by atoms with Crippen molar-refractivity contribution in [3.05, 3.63) is 0 Å². The molecule has 0 aromatic rings. The molecule has 0 aliphatic carbocycles. The van der Waals surface area contributed by atoms with Gasteiger partial charge >= 0.3 is 5.97 Å². The Morgan fingerprint density at radius 3 is 1.70 bits per heavy atom. The van der Waals surface area contributed by atoms with Crippen molar-refractivity contribution in [2.24, 2.45) is 0 Å². The lowest BCUT2D eigenvalue weighted by Crippen LogP contribution is -2.57.